The summed E-state index contributed by atoms with van der Waals surface area (Å²) in [7, 11) is 1.52. The number of aliphatic hydroxyl groups is 1. The lowest BCUT2D eigenvalue weighted by atomic mass is 9.95. The first-order valence-corrected chi connectivity index (χ1v) is 13.1. The number of rotatable bonds is 8. The number of imidazole rings is 1. The van der Waals surface area contributed by atoms with E-state index in [-0.39, 0.29) is 17.9 Å². The van der Waals surface area contributed by atoms with Crippen molar-refractivity contribution in [3.63, 3.8) is 0 Å². The van der Waals surface area contributed by atoms with E-state index in [1.165, 1.54) is 18.3 Å². The topological polar surface area (TPSA) is 107 Å². The zero-order valence-electron chi connectivity index (χ0n) is 22.5. The van der Waals surface area contributed by atoms with Crippen LogP contribution in [0.5, 0.6) is 11.5 Å². The van der Waals surface area contributed by atoms with Gasteiger partial charge in [0.05, 0.1) is 37.2 Å². The van der Waals surface area contributed by atoms with Gasteiger partial charge in [0.25, 0.3) is 11.7 Å². The van der Waals surface area contributed by atoms with Crippen molar-refractivity contribution in [1.82, 2.24) is 14.3 Å². The molecule has 0 saturated carbocycles. The van der Waals surface area contributed by atoms with E-state index in [2.05, 4.69) is 4.98 Å². The van der Waals surface area contributed by atoms with Gasteiger partial charge in [0.15, 0.2) is 17.3 Å². The van der Waals surface area contributed by atoms with Crippen molar-refractivity contribution in [2.24, 2.45) is 0 Å². The highest BCUT2D eigenvalue weighted by Crippen LogP contribution is 2.43. The molecule has 9 heteroatoms. The number of ether oxygens (including phenoxy) is 2. The van der Waals surface area contributed by atoms with Crippen molar-refractivity contribution in [3.05, 3.63) is 125 Å². The number of nitrogens with zero attached hydrogens (tertiary/aromatic N) is 3. The van der Waals surface area contributed by atoms with Crippen LogP contribution < -0.4 is 9.47 Å². The van der Waals surface area contributed by atoms with Crippen LogP contribution in [0.1, 0.15) is 34.3 Å². The van der Waals surface area contributed by atoms with Gasteiger partial charge in [-0.25, -0.2) is 4.98 Å². The van der Waals surface area contributed by atoms with Crippen molar-refractivity contribution in [1.29, 1.82) is 0 Å². The number of aromatic nitrogens is 2. The number of pyridine rings is 1. The molecule has 41 heavy (non-hydrogen) atoms. The number of methoxy groups -OCH3 is 1. The summed E-state index contributed by atoms with van der Waals surface area (Å²) >= 11 is 0. The van der Waals surface area contributed by atoms with E-state index in [0.717, 1.165) is 5.56 Å². The van der Waals surface area contributed by atoms with Crippen molar-refractivity contribution < 1.29 is 28.6 Å². The van der Waals surface area contributed by atoms with Gasteiger partial charge in [-0.05, 0) is 54.4 Å². The SMILES string of the molecule is COc1cc(C2/C(=C(\O)c3c(C)nc4ccccn34)C(=O)C(=O)N2Cc2ccco2)ccc1OCc1ccccc1. The largest absolute Gasteiger partial charge is 0.505 e. The molecule has 1 saturated heterocycles. The molecule has 1 aliphatic heterocycles. The van der Waals surface area contributed by atoms with Gasteiger partial charge in [-0.15, -0.1) is 0 Å². The van der Waals surface area contributed by atoms with Gasteiger partial charge in [0, 0.05) is 6.20 Å². The second kappa shape index (κ2) is 10.7. The Morgan fingerprint density at radius 3 is 2.56 bits per heavy atom. The normalized spacial score (nSPS) is 16.4. The number of aryl methyl sites for hydroxylation is 1. The Kier molecular flexibility index (Phi) is 6.76. The van der Waals surface area contributed by atoms with E-state index in [0.29, 0.717) is 46.5 Å². The molecule has 1 fully saturated rings. The van der Waals surface area contributed by atoms with Crippen molar-refractivity contribution in [2.45, 2.75) is 26.1 Å². The van der Waals surface area contributed by atoms with Gasteiger partial charge in [0.1, 0.15) is 23.7 Å². The minimum Gasteiger partial charge on any atom is -0.505 e. The summed E-state index contributed by atoms with van der Waals surface area (Å²) in [6.07, 6.45) is 3.25. The molecule has 0 aliphatic carbocycles. The first-order valence-electron chi connectivity index (χ1n) is 13.1. The predicted molar refractivity (Wildman–Crippen MR) is 150 cm³/mol. The van der Waals surface area contributed by atoms with Gasteiger partial charge in [-0.1, -0.05) is 42.5 Å². The highest BCUT2D eigenvalue weighted by molar-refractivity contribution is 6.46. The van der Waals surface area contributed by atoms with Gasteiger partial charge < -0.3 is 23.9 Å². The lowest BCUT2D eigenvalue weighted by Gasteiger charge is -2.25. The van der Waals surface area contributed by atoms with Crippen LogP contribution in [0.3, 0.4) is 0 Å². The third-order valence-electron chi connectivity index (χ3n) is 7.12. The number of ketones is 1. The van der Waals surface area contributed by atoms with Gasteiger partial charge in [0.2, 0.25) is 0 Å². The fourth-order valence-electron chi connectivity index (χ4n) is 5.20. The zero-order chi connectivity index (χ0) is 28.5. The molecule has 206 valence electrons. The number of aliphatic hydroxyl groups excluding tert-OH is 1. The fourth-order valence-corrected chi connectivity index (χ4v) is 5.20. The molecule has 2 aromatic carbocycles. The number of benzene rings is 2. The maximum absolute atomic E-state index is 13.6. The molecule has 0 radical (unpaired) electrons. The van der Waals surface area contributed by atoms with E-state index in [1.807, 2.05) is 36.4 Å². The van der Waals surface area contributed by atoms with Crippen LogP contribution in [0.2, 0.25) is 0 Å². The Morgan fingerprint density at radius 2 is 1.80 bits per heavy atom. The van der Waals surface area contributed by atoms with Gasteiger partial charge in [-0.2, -0.15) is 0 Å². The van der Waals surface area contributed by atoms with Crippen LogP contribution in [0.4, 0.5) is 0 Å². The highest BCUT2D eigenvalue weighted by atomic mass is 16.5. The number of carbonyl (C=O) groups is 2. The second-order valence-electron chi connectivity index (χ2n) is 9.67. The highest BCUT2D eigenvalue weighted by Gasteiger charge is 2.47. The third-order valence-corrected chi connectivity index (χ3v) is 7.12. The Bertz CT molecular complexity index is 1770. The van der Waals surface area contributed by atoms with E-state index in [4.69, 9.17) is 13.9 Å². The average Bonchev–Trinajstić information content (AvgIpc) is 3.69. The molecule has 9 nitrogen and oxygen atoms in total. The molecule has 6 rings (SSSR count). The standard InChI is InChI=1S/C32H27N3O6/c1-20-28(34-15-7-6-12-26(34)33-20)30(36)27-29(35(32(38)31(27)37)18-23-11-8-16-40-23)22-13-14-24(25(17-22)39-2)41-19-21-9-4-3-5-10-21/h3-17,29,36H,18-19H2,1-2H3/b30-27+. The molecule has 5 aromatic rings. The van der Waals surface area contributed by atoms with Gasteiger partial charge >= 0.3 is 0 Å². The lowest BCUT2D eigenvalue weighted by molar-refractivity contribution is -0.140. The number of carbonyl (C=O) groups excluding carboxylic acids is 2. The number of hydrogen-bond acceptors (Lipinski definition) is 7. The number of amides is 1. The first kappa shape index (κ1) is 25.9. The summed E-state index contributed by atoms with van der Waals surface area (Å²) in [6.45, 7) is 2.11. The summed E-state index contributed by atoms with van der Waals surface area (Å²) in [5, 5.41) is 11.7. The van der Waals surface area contributed by atoms with E-state index in [1.54, 1.807) is 60.0 Å². The van der Waals surface area contributed by atoms with Crippen LogP contribution in [0, 0.1) is 6.92 Å². The van der Waals surface area contributed by atoms with E-state index >= 15 is 0 Å². The minimum atomic E-state index is -0.925. The van der Waals surface area contributed by atoms with Crippen molar-refractivity contribution in [2.75, 3.05) is 7.11 Å². The van der Waals surface area contributed by atoms with Crippen LogP contribution >= 0.6 is 0 Å². The molecule has 0 spiro atoms. The van der Waals surface area contributed by atoms with Crippen LogP contribution in [-0.4, -0.2) is 38.2 Å². The fraction of sp³-hybridized carbons (Fsp3) is 0.156. The Labute approximate surface area is 235 Å². The summed E-state index contributed by atoms with van der Waals surface area (Å²) in [4.78, 5) is 32.9. The van der Waals surface area contributed by atoms with Gasteiger partial charge in [-0.3, -0.25) is 14.0 Å². The second-order valence-corrected chi connectivity index (χ2v) is 9.67. The smallest absolute Gasteiger partial charge is 0.296 e. The quantitative estimate of drug-likeness (QED) is 0.156. The number of Topliss-reactive ketones (excluding diaryl/α,β-unsaturated/α-hetero) is 1. The first-order chi connectivity index (χ1) is 20.0. The zero-order valence-corrected chi connectivity index (χ0v) is 22.5. The van der Waals surface area contributed by atoms with Crippen LogP contribution in [0.15, 0.2) is 101 Å². The molecular formula is C32H27N3O6. The summed E-state index contributed by atoms with van der Waals surface area (Å²) < 4.78 is 18.9. The Morgan fingerprint density at radius 1 is 1.00 bits per heavy atom. The summed E-state index contributed by atoms with van der Waals surface area (Å²) in [5.74, 6) is -0.434. The van der Waals surface area contributed by atoms with Crippen molar-refractivity contribution >= 4 is 23.1 Å². The minimum absolute atomic E-state index is 0.0275. The Hall–Kier alpha value is -5.31. The van der Waals surface area contributed by atoms with Crippen LogP contribution in [0.25, 0.3) is 11.4 Å². The van der Waals surface area contributed by atoms with E-state index < -0.39 is 17.7 Å². The molecule has 1 atom stereocenters. The maximum atomic E-state index is 13.6. The maximum Gasteiger partial charge on any atom is 0.296 e. The molecular weight excluding hydrogens is 522 g/mol. The molecule has 3 aromatic heterocycles. The number of furan rings is 1. The molecule has 0 bridgehead atoms. The number of fused-ring (bicyclic) bond motifs is 1. The molecule has 1 unspecified atom stereocenters. The monoisotopic (exact) mass is 549 g/mol. The number of likely N-dealkylation sites (tertiary alicyclic amines) is 1. The number of hydrogen-bond donors (Lipinski definition) is 1. The lowest BCUT2D eigenvalue weighted by Crippen LogP contribution is -2.29. The molecule has 1 aliphatic rings. The van der Waals surface area contributed by atoms with Crippen LogP contribution in [-0.2, 0) is 22.7 Å². The molecule has 1 amide bonds. The molecule has 1 N–H and O–H groups in total. The average molecular weight is 550 g/mol. The predicted octanol–water partition coefficient (Wildman–Crippen LogP) is 5.45. The van der Waals surface area contributed by atoms with Crippen molar-refractivity contribution in [3.8, 4) is 11.5 Å². The molecule has 4 heterocycles. The summed E-state index contributed by atoms with van der Waals surface area (Å²) in [5.41, 5.74) is 2.98. The third kappa shape index (κ3) is 4.71. The Balaban J connectivity index is 1.46. The van der Waals surface area contributed by atoms with E-state index in [9.17, 15) is 14.7 Å². The summed E-state index contributed by atoms with van der Waals surface area (Å²) in [6, 6.07) is 22.9.